The Morgan fingerprint density at radius 3 is 2.86 bits per heavy atom. The molecule has 1 aromatic rings. The normalized spacial score (nSPS) is 18.5. The molecule has 0 aliphatic carbocycles. The predicted octanol–water partition coefficient (Wildman–Crippen LogP) is 1.51. The van der Waals surface area contributed by atoms with Gasteiger partial charge < -0.3 is 20.3 Å². The molecule has 0 saturated carbocycles. The highest BCUT2D eigenvalue weighted by atomic mass is 16.5. The quantitative estimate of drug-likeness (QED) is 0.867. The molecule has 112 valence electrons. The van der Waals surface area contributed by atoms with Gasteiger partial charge in [0.1, 0.15) is 0 Å². The van der Waals surface area contributed by atoms with Gasteiger partial charge in [0, 0.05) is 37.7 Å². The van der Waals surface area contributed by atoms with Crippen molar-refractivity contribution in [1.29, 1.82) is 0 Å². The van der Waals surface area contributed by atoms with Gasteiger partial charge in [-0.2, -0.15) is 0 Å². The lowest BCUT2D eigenvalue weighted by molar-refractivity contribution is -0.117. The number of amides is 3. The largest absolute Gasteiger partial charge is 0.381 e. The van der Waals surface area contributed by atoms with E-state index >= 15 is 0 Å². The molecule has 0 aromatic heterocycles. The average molecular weight is 289 g/mol. The average Bonchev–Trinajstić information content (AvgIpc) is 2.74. The van der Waals surface area contributed by atoms with Crippen LogP contribution in [0.1, 0.15) is 18.4 Å². The van der Waals surface area contributed by atoms with Crippen LogP contribution in [0.3, 0.4) is 0 Å². The molecule has 3 amide bonds. The van der Waals surface area contributed by atoms with Crippen molar-refractivity contribution < 1.29 is 14.3 Å². The number of benzene rings is 1. The lowest BCUT2D eigenvalue weighted by atomic mass is 10.1. The summed E-state index contributed by atoms with van der Waals surface area (Å²) in [5.74, 6) is 0.0776. The van der Waals surface area contributed by atoms with Crippen molar-refractivity contribution in [3.8, 4) is 0 Å². The summed E-state index contributed by atoms with van der Waals surface area (Å²) in [4.78, 5) is 25.3. The Hall–Kier alpha value is -2.08. The highest BCUT2D eigenvalue weighted by molar-refractivity contribution is 6.01. The van der Waals surface area contributed by atoms with Crippen LogP contribution in [0.2, 0.25) is 0 Å². The summed E-state index contributed by atoms with van der Waals surface area (Å²) in [6, 6.07) is 5.50. The van der Waals surface area contributed by atoms with Crippen LogP contribution < -0.4 is 15.5 Å². The molecule has 2 heterocycles. The van der Waals surface area contributed by atoms with Gasteiger partial charge in [-0.15, -0.1) is 0 Å². The molecular weight excluding hydrogens is 270 g/mol. The number of carbonyl (C=O) groups is 2. The molecular formula is C15H19N3O3. The molecule has 6 heteroatoms. The van der Waals surface area contributed by atoms with E-state index in [2.05, 4.69) is 10.6 Å². The van der Waals surface area contributed by atoms with E-state index < -0.39 is 0 Å². The molecule has 1 aromatic carbocycles. The Kier molecular flexibility index (Phi) is 3.79. The first-order chi connectivity index (χ1) is 10.1. The summed E-state index contributed by atoms with van der Waals surface area (Å²) >= 11 is 0. The molecule has 6 nitrogen and oxygen atoms in total. The van der Waals surface area contributed by atoms with Crippen molar-refractivity contribution in [1.82, 2.24) is 5.32 Å². The van der Waals surface area contributed by atoms with Crippen molar-refractivity contribution in [3.63, 3.8) is 0 Å². The van der Waals surface area contributed by atoms with Gasteiger partial charge in [-0.05, 0) is 36.6 Å². The van der Waals surface area contributed by atoms with E-state index in [1.807, 2.05) is 18.2 Å². The molecule has 0 radical (unpaired) electrons. The van der Waals surface area contributed by atoms with E-state index in [9.17, 15) is 9.59 Å². The van der Waals surface area contributed by atoms with Gasteiger partial charge in [-0.3, -0.25) is 4.79 Å². The topological polar surface area (TPSA) is 70.7 Å². The minimum atomic E-state index is -0.209. The third kappa shape index (κ3) is 3.00. The van der Waals surface area contributed by atoms with Crippen molar-refractivity contribution in [2.24, 2.45) is 0 Å². The number of carbonyl (C=O) groups excluding carboxylic acids is 2. The minimum absolute atomic E-state index is 0.0776. The van der Waals surface area contributed by atoms with Crippen LogP contribution in [-0.2, 0) is 16.0 Å². The third-order valence-corrected chi connectivity index (χ3v) is 3.97. The molecule has 0 unspecified atom stereocenters. The molecule has 2 aliphatic rings. The van der Waals surface area contributed by atoms with E-state index in [0.29, 0.717) is 25.3 Å². The summed E-state index contributed by atoms with van der Waals surface area (Å²) in [5, 5.41) is 5.77. The van der Waals surface area contributed by atoms with E-state index in [1.54, 1.807) is 11.9 Å². The zero-order valence-corrected chi connectivity index (χ0v) is 12.0. The Labute approximate surface area is 123 Å². The zero-order valence-electron chi connectivity index (χ0n) is 12.0. The predicted molar refractivity (Wildman–Crippen MR) is 79.6 cm³/mol. The number of hydrogen-bond acceptors (Lipinski definition) is 3. The molecule has 0 atom stereocenters. The SMILES string of the molecule is CN1C(=O)Cc2cc(NC(=O)NC3CCOCC3)ccc21. The summed E-state index contributed by atoms with van der Waals surface area (Å²) in [6.07, 6.45) is 2.08. The van der Waals surface area contributed by atoms with Gasteiger partial charge in [0.25, 0.3) is 0 Å². The molecule has 1 saturated heterocycles. The van der Waals surface area contributed by atoms with Gasteiger partial charge in [0.2, 0.25) is 5.91 Å². The molecule has 2 N–H and O–H groups in total. The summed E-state index contributed by atoms with van der Waals surface area (Å²) in [7, 11) is 1.76. The monoisotopic (exact) mass is 289 g/mol. The van der Waals surface area contributed by atoms with E-state index in [4.69, 9.17) is 4.74 Å². The number of likely N-dealkylation sites (N-methyl/N-ethyl adjacent to an activating group) is 1. The third-order valence-electron chi connectivity index (χ3n) is 3.97. The number of anilines is 2. The lowest BCUT2D eigenvalue weighted by Crippen LogP contribution is -2.41. The fraction of sp³-hybridized carbons (Fsp3) is 0.467. The Morgan fingerprint density at radius 2 is 2.10 bits per heavy atom. The number of nitrogens with one attached hydrogen (secondary N) is 2. The number of nitrogens with zero attached hydrogens (tertiary/aromatic N) is 1. The molecule has 3 rings (SSSR count). The fourth-order valence-corrected chi connectivity index (χ4v) is 2.74. The molecule has 1 fully saturated rings. The first-order valence-corrected chi connectivity index (χ1v) is 7.18. The first-order valence-electron chi connectivity index (χ1n) is 7.18. The van der Waals surface area contributed by atoms with E-state index in [0.717, 1.165) is 24.1 Å². The van der Waals surface area contributed by atoms with Gasteiger partial charge in [-0.1, -0.05) is 0 Å². The lowest BCUT2D eigenvalue weighted by Gasteiger charge is -2.23. The van der Waals surface area contributed by atoms with Gasteiger partial charge >= 0.3 is 6.03 Å². The maximum Gasteiger partial charge on any atom is 0.319 e. The molecule has 2 aliphatic heterocycles. The van der Waals surface area contributed by atoms with Crippen molar-refractivity contribution in [2.45, 2.75) is 25.3 Å². The highest BCUT2D eigenvalue weighted by Gasteiger charge is 2.24. The highest BCUT2D eigenvalue weighted by Crippen LogP contribution is 2.29. The number of urea groups is 1. The number of fused-ring (bicyclic) bond motifs is 1. The molecule has 0 spiro atoms. The maximum atomic E-state index is 12.0. The molecule has 21 heavy (non-hydrogen) atoms. The van der Waals surface area contributed by atoms with Gasteiger partial charge in [0.15, 0.2) is 0 Å². The summed E-state index contributed by atoms with van der Waals surface area (Å²) in [5.41, 5.74) is 2.57. The zero-order chi connectivity index (χ0) is 14.8. The van der Waals surface area contributed by atoms with Crippen LogP contribution in [-0.4, -0.2) is 38.2 Å². The summed E-state index contributed by atoms with van der Waals surface area (Å²) < 4.78 is 5.26. The van der Waals surface area contributed by atoms with Crippen LogP contribution in [0, 0.1) is 0 Å². The van der Waals surface area contributed by atoms with Crippen molar-refractivity contribution >= 4 is 23.3 Å². The molecule has 0 bridgehead atoms. The van der Waals surface area contributed by atoms with Crippen LogP contribution in [0.4, 0.5) is 16.2 Å². The Balaban J connectivity index is 1.62. The first kappa shape index (κ1) is 13.9. The van der Waals surface area contributed by atoms with Gasteiger partial charge in [0.05, 0.1) is 6.42 Å². The van der Waals surface area contributed by atoms with Crippen molar-refractivity contribution in [2.75, 3.05) is 30.5 Å². The summed E-state index contributed by atoms with van der Waals surface area (Å²) in [6.45, 7) is 1.39. The number of ether oxygens (including phenoxy) is 1. The maximum absolute atomic E-state index is 12.0. The van der Waals surface area contributed by atoms with Crippen LogP contribution in [0.25, 0.3) is 0 Å². The number of hydrogen-bond donors (Lipinski definition) is 2. The second-order valence-electron chi connectivity index (χ2n) is 5.46. The second kappa shape index (κ2) is 5.73. The Morgan fingerprint density at radius 1 is 1.33 bits per heavy atom. The van der Waals surface area contributed by atoms with Crippen molar-refractivity contribution in [3.05, 3.63) is 23.8 Å². The Bertz CT molecular complexity index is 567. The standard InChI is InChI=1S/C15H19N3O3/c1-18-13-3-2-12(8-10(13)9-14(18)19)17-15(20)16-11-4-6-21-7-5-11/h2-3,8,11H,4-7,9H2,1H3,(H2,16,17,20). The van der Waals surface area contributed by atoms with Gasteiger partial charge in [-0.25, -0.2) is 4.79 Å². The smallest absolute Gasteiger partial charge is 0.319 e. The van der Waals surface area contributed by atoms with E-state index in [1.165, 1.54) is 0 Å². The van der Waals surface area contributed by atoms with E-state index in [-0.39, 0.29) is 18.0 Å². The second-order valence-corrected chi connectivity index (χ2v) is 5.46. The minimum Gasteiger partial charge on any atom is -0.381 e. The van der Waals surface area contributed by atoms with Crippen LogP contribution in [0.15, 0.2) is 18.2 Å². The van der Waals surface area contributed by atoms with Crippen LogP contribution in [0.5, 0.6) is 0 Å². The van der Waals surface area contributed by atoms with Crippen LogP contribution >= 0.6 is 0 Å². The fourth-order valence-electron chi connectivity index (χ4n) is 2.74. The number of rotatable bonds is 2.